The lowest BCUT2D eigenvalue weighted by Gasteiger charge is -2.30. The highest BCUT2D eigenvalue weighted by molar-refractivity contribution is 14.0. The normalized spacial score (nSPS) is 12.8. The Morgan fingerprint density at radius 3 is 2.39 bits per heavy atom. The molecule has 0 amide bonds. The van der Waals surface area contributed by atoms with Crippen molar-refractivity contribution in [3.63, 3.8) is 0 Å². The molecule has 0 aliphatic heterocycles. The van der Waals surface area contributed by atoms with Crippen molar-refractivity contribution in [3.8, 4) is 11.5 Å². The SMILES string of the molecule is CCOc1cc(CCCNC(=NC)NCC(OC)C(C)(C)C)ccc1OC.I. The van der Waals surface area contributed by atoms with Gasteiger partial charge in [-0.1, -0.05) is 26.8 Å². The molecule has 1 rings (SSSR count). The van der Waals surface area contributed by atoms with Crippen LogP contribution in [0.4, 0.5) is 0 Å². The van der Waals surface area contributed by atoms with Crippen LogP contribution in [-0.4, -0.2) is 53.0 Å². The fourth-order valence-corrected chi connectivity index (χ4v) is 2.80. The minimum absolute atomic E-state index is 0. The first-order chi connectivity index (χ1) is 12.8. The van der Waals surface area contributed by atoms with Crippen LogP contribution < -0.4 is 20.1 Å². The summed E-state index contributed by atoms with van der Waals surface area (Å²) in [6.45, 7) is 10.7. The summed E-state index contributed by atoms with van der Waals surface area (Å²) in [5, 5.41) is 6.70. The molecule has 0 spiro atoms. The molecule has 0 radical (unpaired) electrons. The predicted molar refractivity (Wildman–Crippen MR) is 128 cm³/mol. The van der Waals surface area contributed by atoms with Crippen molar-refractivity contribution in [2.45, 2.75) is 46.6 Å². The van der Waals surface area contributed by atoms with Crippen LogP contribution in [0.5, 0.6) is 11.5 Å². The third kappa shape index (κ3) is 9.32. The lowest BCUT2D eigenvalue weighted by molar-refractivity contribution is 0.0205. The standard InChI is InChI=1S/C21H37N3O3.HI/c1-8-27-18-14-16(11-12-17(18)25-6)10-9-13-23-20(22-5)24-15-19(26-7)21(2,3)4;/h11-12,14,19H,8-10,13,15H2,1-7H3,(H2,22,23,24);1H. The molecule has 0 aliphatic carbocycles. The number of hydrogen-bond donors (Lipinski definition) is 2. The Kier molecular flexibility index (Phi) is 13.3. The molecule has 0 fully saturated rings. The van der Waals surface area contributed by atoms with E-state index in [0.29, 0.717) is 6.61 Å². The van der Waals surface area contributed by atoms with Crippen molar-refractivity contribution in [1.29, 1.82) is 0 Å². The van der Waals surface area contributed by atoms with E-state index in [1.807, 2.05) is 13.0 Å². The van der Waals surface area contributed by atoms with Crippen molar-refractivity contribution >= 4 is 29.9 Å². The molecule has 1 unspecified atom stereocenters. The van der Waals surface area contributed by atoms with Crippen LogP contribution in [0.25, 0.3) is 0 Å². The maximum absolute atomic E-state index is 5.64. The number of methoxy groups -OCH3 is 2. The first kappa shape index (κ1) is 26.8. The average Bonchev–Trinajstić information content (AvgIpc) is 2.63. The molecule has 28 heavy (non-hydrogen) atoms. The predicted octanol–water partition coefficient (Wildman–Crippen LogP) is 3.87. The highest BCUT2D eigenvalue weighted by Crippen LogP contribution is 2.28. The summed E-state index contributed by atoms with van der Waals surface area (Å²) in [4.78, 5) is 4.28. The lowest BCUT2D eigenvalue weighted by Crippen LogP contribution is -2.45. The third-order valence-corrected chi connectivity index (χ3v) is 4.39. The summed E-state index contributed by atoms with van der Waals surface area (Å²) < 4.78 is 16.5. The van der Waals surface area contributed by atoms with Crippen LogP contribution in [0.15, 0.2) is 23.2 Å². The van der Waals surface area contributed by atoms with Gasteiger partial charge in [-0.05, 0) is 42.9 Å². The first-order valence-corrected chi connectivity index (χ1v) is 9.62. The van der Waals surface area contributed by atoms with Gasteiger partial charge in [-0.15, -0.1) is 24.0 Å². The summed E-state index contributed by atoms with van der Waals surface area (Å²) in [6.07, 6.45) is 2.06. The molecule has 1 aromatic carbocycles. The van der Waals surface area contributed by atoms with Gasteiger partial charge in [0, 0.05) is 27.2 Å². The molecule has 6 nitrogen and oxygen atoms in total. The van der Waals surface area contributed by atoms with Crippen molar-refractivity contribution in [2.75, 3.05) is 41.0 Å². The number of halogens is 1. The summed E-state index contributed by atoms with van der Waals surface area (Å²) >= 11 is 0. The monoisotopic (exact) mass is 507 g/mol. The molecular weight excluding hydrogens is 469 g/mol. The second-order valence-corrected chi connectivity index (χ2v) is 7.49. The van der Waals surface area contributed by atoms with E-state index in [1.165, 1.54) is 5.56 Å². The van der Waals surface area contributed by atoms with E-state index in [0.717, 1.165) is 43.4 Å². The Labute approximate surface area is 187 Å². The number of nitrogens with zero attached hydrogens (tertiary/aromatic N) is 1. The largest absolute Gasteiger partial charge is 0.493 e. The Bertz CT molecular complexity index is 589. The van der Waals surface area contributed by atoms with Gasteiger partial charge >= 0.3 is 0 Å². The third-order valence-electron chi connectivity index (χ3n) is 4.39. The van der Waals surface area contributed by atoms with E-state index in [1.54, 1.807) is 21.3 Å². The number of aliphatic imine (C=N–C) groups is 1. The zero-order valence-corrected chi connectivity index (χ0v) is 20.8. The highest BCUT2D eigenvalue weighted by Gasteiger charge is 2.24. The number of benzene rings is 1. The number of hydrogen-bond acceptors (Lipinski definition) is 4. The van der Waals surface area contributed by atoms with Gasteiger partial charge in [0.05, 0.1) is 19.8 Å². The fourth-order valence-electron chi connectivity index (χ4n) is 2.80. The Morgan fingerprint density at radius 1 is 1.14 bits per heavy atom. The molecule has 0 aromatic heterocycles. The maximum atomic E-state index is 5.64. The Balaban J connectivity index is 0.00000729. The molecule has 1 aromatic rings. The zero-order chi connectivity index (χ0) is 20.3. The van der Waals surface area contributed by atoms with Gasteiger partial charge in [-0.25, -0.2) is 0 Å². The van der Waals surface area contributed by atoms with Crippen LogP contribution in [0, 0.1) is 5.41 Å². The number of nitrogens with one attached hydrogen (secondary N) is 2. The lowest BCUT2D eigenvalue weighted by atomic mass is 9.89. The van der Waals surface area contributed by atoms with E-state index in [2.05, 4.69) is 48.5 Å². The van der Waals surface area contributed by atoms with Gasteiger partial charge in [-0.3, -0.25) is 4.99 Å². The number of aryl methyl sites for hydroxylation is 1. The van der Waals surface area contributed by atoms with Gasteiger partial charge in [0.15, 0.2) is 17.5 Å². The minimum atomic E-state index is 0. The number of ether oxygens (including phenoxy) is 3. The van der Waals surface area contributed by atoms with Crippen molar-refractivity contribution < 1.29 is 14.2 Å². The van der Waals surface area contributed by atoms with Crippen molar-refractivity contribution in [3.05, 3.63) is 23.8 Å². The van der Waals surface area contributed by atoms with Crippen LogP contribution >= 0.6 is 24.0 Å². The quantitative estimate of drug-likeness (QED) is 0.218. The zero-order valence-electron chi connectivity index (χ0n) is 18.4. The summed E-state index contributed by atoms with van der Waals surface area (Å²) in [6, 6.07) is 6.11. The molecule has 1 atom stereocenters. The topological polar surface area (TPSA) is 64.1 Å². The fraction of sp³-hybridized carbons (Fsp3) is 0.667. The molecule has 0 saturated carbocycles. The van der Waals surface area contributed by atoms with E-state index in [-0.39, 0.29) is 35.5 Å². The second-order valence-electron chi connectivity index (χ2n) is 7.49. The number of guanidine groups is 1. The molecular formula is C21H38IN3O3. The smallest absolute Gasteiger partial charge is 0.191 e. The van der Waals surface area contributed by atoms with E-state index >= 15 is 0 Å². The molecule has 0 aliphatic rings. The molecule has 7 heteroatoms. The molecule has 0 bridgehead atoms. The van der Waals surface area contributed by atoms with Crippen molar-refractivity contribution in [2.24, 2.45) is 10.4 Å². The molecule has 0 heterocycles. The maximum Gasteiger partial charge on any atom is 0.191 e. The van der Waals surface area contributed by atoms with Crippen LogP contribution in [0.3, 0.4) is 0 Å². The summed E-state index contributed by atoms with van der Waals surface area (Å²) in [5.41, 5.74) is 1.31. The average molecular weight is 507 g/mol. The van der Waals surface area contributed by atoms with Gasteiger partial charge in [-0.2, -0.15) is 0 Å². The van der Waals surface area contributed by atoms with Gasteiger partial charge in [0.2, 0.25) is 0 Å². The van der Waals surface area contributed by atoms with E-state index in [4.69, 9.17) is 14.2 Å². The Hall–Kier alpha value is -1.22. The first-order valence-electron chi connectivity index (χ1n) is 9.62. The highest BCUT2D eigenvalue weighted by atomic mass is 127. The van der Waals surface area contributed by atoms with Gasteiger partial charge < -0.3 is 24.8 Å². The molecule has 162 valence electrons. The minimum Gasteiger partial charge on any atom is -0.493 e. The number of rotatable bonds is 10. The van der Waals surface area contributed by atoms with Gasteiger partial charge in [0.25, 0.3) is 0 Å². The van der Waals surface area contributed by atoms with Crippen LogP contribution in [0.2, 0.25) is 0 Å². The van der Waals surface area contributed by atoms with Crippen LogP contribution in [0.1, 0.15) is 39.7 Å². The second kappa shape index (κ2) is 13.9. The Morgan fingerprint density at radius 2 is 1.86 bits per heavy atom. The summed E-state index contributed by atoms with van der Waals surface area (Å²) in [5.74, 6) is 2.37. The molecule has 2 N–H and O–H groups in total. The van der Waals surface area contributed by atoms with Crippen LogP contribution in [-0.2, 0) is 11.2 Å². The van der Waals surface area contributed by atoms with Crippen molar-refractivity contribution in [1.82, 2.24) is 10.6 Å². The van der Waals surface area contributed by atoms with Gasteiger partial charge in [0.1, 0.15) is 0 Å². The van der Waals surface area contributed by atoms with E-state index < -0.39 is 0 Å². The van der Waals surface area contributed by atoms with E-state index in [9.17, 15) is 0 Å². The summed E-state index contributed by atoms with van der Waals surface area (Å²) in [7, 11) is 5.19. The molecule has 0 saturated heterocycles.